The fourth-order valence-electron chi connectivity index (χ4n) is 2.94. The molecule has 4 aromatic rings. The van der Waals surface area contributed by atoms with Crippen LogP contribution in [0.1, 0.15) is 22.3 Å². The van der Waals surface area contributed by atoms with Crippen molar-refractivity contribution in [2.75, 3.05) is 5.32 Å². The van der Waals surface area contributed by atoms with Crippen LogP contribution in [0.4, 0.5) is 10.1 Å². The van der Waals surface area contributed by atoms with Gasteiger partial charge in [-0.1, -0.05) is 42.5 Å². The number of nitrogens with zero attached hydrogens (tertiary/aromatic N) is 2. The summed E-state index contributed by atoms with van der Waals surface area (Å²) in [4.78, 5) is 13.0. The summed E-state index contributed by atoms with van der Waals surface area (Å²) in [5, 5.41) is 10.5. The molecule has 4 rings (SSSR count). The van der Waals surface area contributed by atoms with Gasteiger partial charge in [0.05, 0.1) is 0 Å². The second kappa shape index (κ2) is 10.1. The molecular weight excluding hydrogens is 429 g/mol. The Morgan fingerprint density at radius 2 is 1.84 bits per heavy atom. The molecule has 1 N–H and O–H groups in total. The van der Waals surface area contributed by atoms with Gasteiger partial charge >= 0.3 is 0 Å². The lowest BCUT2D eigenvalue weighted by Gasteiger charge is -2.15. The smallest absolute Gasteiger partial charge is 0.277 e. The summed E-state index contributed by atoms with van der Waals surface area (Å²) in [7, 11) is 0. The van der Waals surface area contributed by atoms with Crippen LogP contribution in [0, 0.1) is 12.7 Å². The molecule has 0 bridgehead atoms. The number of amides is 1. The van der Waals surface area contributed by atoms with Crippen molar-refractivity contribution in [3.05, 3.63) is 102 Å². The highest BCUT2D eigenvalue weighted by Crippen LogP contribution is 2.35. The van der Waals surface area contributed by atoms with Gasteiger partial charge in [0.25, 0.3) is 11.1 Å². The molecule has 0 aliphatic rings. The highest BCUT2D eigenvalue weighted by atomic mass is 32.2. The first-order valence-corrected chi connectivity index (χ1v) is 10.7. The maximum atomic E-state index is 13.2. The topological polar surface area (TPSA) is 77.2 Å². The normalized spacial score (nSPS) is 11.7. The van der Waals surface area contributed by atoms with Crippen LogP contribution < -0.4 is 10.1 Å². The van der Waals surface area contributed by atoms with Gasteiger partial charge < -0.3 is 14.5 Å². The van der Waals surface area contributed by atoms with Gasteiger partial charge in [-0.15, -0.1) is 10.2 Å². The van der Waals surface area contributed by atoms with Crippen molar-refractivity contribution in [1.29, 1.82) is 0 Å². The van der Waals surface area contributed by atoms with Crippen LogP contribution >= 0.6 is 11.8 Å². The Bertz CT molecular complexity index is 1180. The molecule has 1 unspecified atom stereocenters. The van der Waals surface area contributed by atoms with Crippen molar-refractivity contribution in [3.8, 4) is 5.75 Å². The van der Waals surface area contributed by atoms with Gasteiger partial charge in [0.15, 0.2) is 6.61 Å². The van der Waals surface area contributed by atoms with Gasteiger partial charge in [-0.25, -0.2) is 4.39 Å². The van der Waals surface area contributed by atoms with E-state index in [2.05, 4.69) is 15.5 Å². The number of nitrogens with one attached hydrogen (secondary N) is 1. The summed E-state index contributed by atoms with van der Waals surface area (Å²) in [5.74, 6) is 0.352. The molecule has 0 fully saturated rings. The molecule has 1 atom stereocenters. The lowest BCUT2D eigenvalue weighted by Crippen LogP contribution is -2.19. The third kappa shape index (κ3) is 5.73. The van der Waals surface area contributed by atoms with Crippen molar-refractivity contribution in [2.24, 2.45) is 0 Å². The molecule has 6 nitrogen and oxygen atoms in total. The van der Waals surface area contributed by atoms with Crippen molar-refractivity contribution in [1.82, 2.24) is 10.2 Å². The number of aryl methyl sites for hydroxylation is 1. The molecule has 162 valence electrons. The molecule has 0 saturated carbocycles. The average Bonchev–Trinajstić information content (AvgIpc) is 3.26. The SMILES string of the molecule is Cc1cccc(OCc2nnc(SC(C(=O)Nc3ccc(F)cc3)c3ccccc3)o2)c1. The van der Waals surface area contributed by atoms with Gasteiger partial charge in [0, 0.05) is 5.69 Å². The van der Waals surface area contributed by atoms with E-state index in [-0.39, 0.29) is 23.6 Å². The Kier molecular flexibility index (Phi) is 6.81. The molecular formula is C24H20FN3O3S. The average molecular weight is 450 g/mol. The Morgan fingerprint density at radius 1 is 1.06 bits per heavy atom. The minimum atomic E-state index is -0.646. The Hall–Kier alpha value is -3.65. The van der Waals surface area contributed by atoms with E-state index in [9.17, 15) is 9.18 Å². The third-order valence-corrected chi connectivity index (χ3v) is 5.56. The lowest BCUT2D eigenvalue weighted by atomic mass is 10.1. The monoisotopic (exact) mass is 449 g/mol. The van der Waals surface area contributed by atoms with Crippen LogP contribution in [0.2, 0.25) is 0 Å². The summed E-state index contributed by atoms with van der Waals surface area (Å²) in [6.07, 6.45) is 0. The van der Waals surface area contributed by atoms with E-state index in [1.807, 2.05) is 61.5 Å². The van der Waals surface area contributed by atoms with Crippen molar-refractivity contribution < 1.29 is 18.3 Å². The van der Waals surface area contributed by atoms with Crippen LogP contribution in [0.5, 0.6) is 5.75 Å². The molecule has 32 heavy (non-hydrogen) atoms. The Morgan fingerprint density at radius 3 is 2.59 bits per heavy atom. The standard InChI is InChI=1S/C24H20FN3O3S/c1-16-6-5-9-20(14-16)30-15-21-27-28-24(31-21)32-22(17-7-3-2-4-8-17)23(29)26-19-12-10-18(25)11-13-19/h2-14,22H,15H2,1H3,(H,26,29). The highest BCUT2D eigenvalue weighted by Gasteiger charge is 2.25. The molecule has 1 heterocycles. The van der Waals surface area contributed by atoms with Gasteiger partial charge in [0.2, 0.25) is 5.91 Å². The lowest BCUT2D eigenvalue weighted by molar-refractivity contribution is -0.115. The summed E-state index contributed by atoms with van der Waals surface area (Å²) in [6.45, 7) is 2.10. The maximum Gasteiger partial charge on any atom is 0.277 e. The van der Waals surface area contributed by atoms with Crippen molar-refractivity contribution >= 4 is 23.4 Å². The van der Waals surface area contributed by atoms with Gasteiger partial charge in [-0.2, -0.15) is 0 Å². The zero-order valence-electron chi connectivity index (χ0n) is 17.2. The molecule has 3 aromatic carbocycles. The molecule has 0 spiro atoms. The molecule has 1 amide bonds. The summed E-state index contributed by atoms with van der Waals surface area (Å²) < 4.78 is 24.6. The molecule has 0 aliphatic carbocycles. The van der Waals surface area contributed by atoms with Crippen molar-refractivity contribution in [2.45, 2.75) is 24.0 Å². The number of ether oxygens (including phenoxy) is 1. The minimum Gasteiger partial charge on any atom is -0.484 e. The first-order valence-electron chi connectivity index (χ1n) is 9.87. The number of thioether (sulfide) groups is 1. The predicted octanol–water partition coefficient (Wildman–Crippen LogP) is 5.57. The number of aromatic nitrogens is 2. The molecule has 8 heteroatoms. The van der Waals surface area contributed by atoms with Crippen LogP contribution in [0.15, 0.2) is 88.5 Å². The summed E-state index contributed by atoms with van der Waals surface area (Å²) >= 11 is 1.14. The molecule has 0 aliphatic heterocycles. The second-order valence-electron chi connectivity index (χ2n) is 6.97. The van der Waals surface area contributed by atoms with Gasteiger partial charge in [-0.05, 0) is 66.2 Å². The first-order chi connectivity index (χ1) is 15.6. The largest absolute Gasteiger partial charge is 0.484 e. The zero-order valence-corrected chi connectivity index (χ0v) is 18.0. The highest BCUT2D eigenvalue weighted by molar-refractivity contribution is 8.00. The van der Waals surface area contributed by atoms with Crippen LogP contribution in [-0.4, -0.2) is 16.1 Å². The molecule has 0 radical (unpaired) electrons. The van der Waals surface area contributed by atoms with E-state index in [1.54, 1.807) is 0 Å². The number of halogens is 1. The van der Waals surface area contributed by atoms with E-state index in [0.29, 0.717) is 17.3 Å². The second-order valence-corrected chi connectivity index (χ2v) is 8.03. The predicted molar refractivity (Wildman–Crippen MR) is 120 cm³/mol. The quantitative estimate of drug-likeness (QED) is 0.355. The summed E-state index contributed by atoms with van der Waals surface area (Å²) in [5.41, 5.74) is 2.35. The third-order valence-electron chi connectivity index (χ3n) is 4.47. The number of carbonyl (C=O) groups excluding carboxylic acids is 1. The van der Waals surface area contributed by atoms with Crippen LogP contribution in [-0.2, 0) is 11.4 Å². The van der Waals surface area contributed by atoms with E-state index in [1.165, 1.54) is 24.3 Å². The Labute approximate surface area is 188 Å². The van der Waals surface area contributed by atoms with E-state index in [4.69, 9.17) is 9.15 Å². The van der Waals surface area contributed by atoms with E-state index in [0.717, 1.165) is 22.9 Å². The summed E-state index contributed by atoms with van der Waals surface area (Å²) in [6, 6.07) is 22.5. The van der Waals surface area contributed by atoms with Gasteiger partial charge in [0.1, 0.15) is 16.8 Å². The number of benzene rings is 3. The fourth-order valence-corrected chi connectivity index (χ4v) is 3.83. The Balaban J connectivity index is 1.46. The molecule has 0 saturated heterocycles. The number of anilines is 1. The number of hydrogen-bond acceptors (Lipinski definition) is 6. The number of carbonyl (C=O) groups is 1. The van der Waals surface area contributed by atoms with Crippen LogP contribution in [0.3, 0.4) is 0 Å². The molecule has 1 aromatic heterocycles. The van der Waals surface area contributed by atoms with Crippen LogP contribution in [0.25, 0.3) is 0 Å². The van der Waals surface area contributed by atoms with Crippen molar-refractivity contribution in [3.63, 3.8) is 0 Å². The number of rotatable bonds is 8. The first kappa shape index (κ1) is 21.6. The van der Waals surface area contributed by atoms with E-state index >= 15 is 0 Å². The zero-order chi connectivity index (χ0) is 22.3. The van der Waals surface area contributed by atoms with E-state index < -0.39 is 5.25 Å². The van der Waals surface area contributed by atoms with Gasteiger partial charge in [-0.3, -0.25) is 4.79 Å². The maximum absolute atomic E-state index is 13.2. The minimum absolute atomic E-state index is 0.120. The number of hydrogen-bond donors (Lipinski definition) is 1. The fraction of sp³-hybridized carbons (Fsp3) is 0.125.